The van der Waals surface area contributed by atoms with Crippen LogP contribution < -0.4 is 5.32 Å². The summed E-state index contributed by atoms with van der Waals surface area (Å²) in [5.41, 5.74) is -0.166. The number of nitrogens with one attached hydrogen (secondary N) is 1. The summed E-state index contributed by atoms with van der Waals surface area (Å²) >= 11 is 0. The first-order valence-electron chi connectivity index (χ1n) is 7.25. The van der Waals surface area contributed by atoms with Crippen LogP contribution in [0, 0.1) is 15.5 Å². The van der Waals surface area contributed by atoms with Gasteiger partial charge in [0.2, 0.25) is 0 Å². The van der Waals surface area contributed by atoms with Crippen LogP contribution in [0.2, 0.25) is 0 Å². The van der Waals surface area contributed by atoms with Crippen LogP contribution in [0.3, 0.4) is 0 Å². The molecule has 2 N–H and O–H groups in total. The van der Waals surface area contributed by atoms with Crippen molar-refractivity contribution >= 4 is 17.3 Å². The van der Waals surface area contributed by atoms with Gasteiger partial charge in [0.05, 0.1) is 10.3 Å². The van der Waals surface area contributed by atoms with Crippen molar-refractivity contribution in [2.45, 2.75) is 38.5 Å². The Morgan fingerprint density at radius 2 is 1.95 bits per heavy atom. The largest absolute Gasteiger partial charge is 0.481 e. The third-order valence-electron chi connectivity index (χ3n) is 4.20. The van der Waals surface area contributed by atoms with E-state index >= 15 is 0 Å². The van der Waals surface area contributed by atoms with Gasteiger partial charge in [0.15, 0.2) is 0 Å². The average molecular weight is 292 g/mol. The first kappa shape index (κ1) is 15.3. The number of carbonyl (C=O) groups is 1. The molecule has 6 nitrogen and oxygen atoms in total. The highest BCUT2D eigenvalue weighted by atomic mass is 16.6. The van der Waals surface area contributed by atoms with Crippen LogP contribution in [0.5, 0.6) is 0 Å². The summed E-state index contributed by atoms with van der Waals surface area (Å²) in [6.07, 6.45) is 5.30. The maximum atomic E-state index is 11.7. The standard InChI is InChI=1S/C15H20N2O4/c18-14(19)15(8-3-1-2-4-9-15)11-16-12-6-5-7-13(10-12)17(20)21/h5-7,10,16H,1-4,8-9,11H2,(H,18,19). The number of nitrogens with zero attached hydrogens (tertiary/aromatic N) is 1. The van der Waals surface area contributed by atoms with Crippen molar-refractivity contribution in [1.29, 1.82) is 0 Å². The Morgan fingerprint density at radius 1 is 1.29 bits per heavy atom. The third-order valence-corrected chi connectivity index (χ3v) is 4.20. The zero-order valence-electron chi connectivity index (χ0n) is 11.9. The number of aliphatic carboxylic acids is 1. The molecule has 1 aliphatic carbocycles. The van der Waals surface area contributed by atoms with Gasteiger partial charge in [0.1, 0.15) is 0 Å². The Balaban J connectivity index is 2.09. The Kier molecular flexibility index (Phi) is 4.77. The molecule has 6 heteroatoms. The predicted octanol–water partition coefficient (Wildman–Crippen LogP) is 3.43. The number of anilines is 1. The maximum absolute atomic E-state index is 11.7. The number of hydrogen-bond acceptors (Lipinski definition) is 4. The number of carboxylic acids is 1. The molecule has 0 heterocycles. The van der Waals surface area contributed by atoms with Crippen LogP contribution in [0.4, 0.5) is 11.4 Å². The molecule has 1 aliphatic rings. The van der Waals surface area contributed by atoms with Crippen molar-refractivity contribution in [3.63, 3.8) is 0 Å². The SMILES string of the molecule is O=C(O)C1(CNc2cccc([N+](=O)[O-])c2)CCCCCC1. The van der Waals surface area contributed by atoms with Crippen molar-refractivity contribution in [2.24, 2.45) is 5.41 Å². The van der Waals surface area contributed by atoms with Crippen molar-refractivity contribution in [2.75, 3.05) is 11.9 Å². The van der Waals surface area contributed by atoms with Gasteiger partial charge in [-0.25, -0.2) is 0 Å². The lowest BCUT2D eigenvalue weighted by Gasteiger charge is -2.28. The van der Waals surface area contributed by atoms with Gasteiger partial charge in [-0.05, 0) is 18.9 Å². The van der Waals surface area contributed by atoms with Gasteiger partial charge in [-0.15, -0.1) is 0 Å². The molecule has 1 aromatic carbocycles. The minimum atomic E-state index is -0.776. The Bertz CT molecular complexity index is 522. The van der Waals surface area contributed by atoms with E-state index in [-0.39, 0.29) is 5.69 Å². The quantitative estimate of drug-likeness (QED) is 0.492. The summed E-state index contributed by atoms with van der Waals surface area (Å²) in [5, 5.41) is 23.4. The van der Waals surface area contributed by atoms with Gasteiger partial charge in [0.25, 0.3) is 5.69 Å². The number of hydrogen-bond donors (Lipinski definition) is 2. The molecule has 0 amide bonds. The summed E-state index contributed by atoms with van der Waals surface area (Å²) in [5.74, 6) is -0.776. The van der Waals surface area contributed by atoms with Crippen LogP contribution in [-0.4, -0.2) is 22.5 Å². The van der Waals surface area contributed by atoms with E-state index < -0.39 is 16.3 Å². The zero-order chi connectivity index (χ0) is 15.3. The van der Waals surface area contributed by atoms with E-state index in [4.69, 9.17) is 0 Å². The van der Waals surface area contributed by atoms with Gasteiger partial charge in [0, 0.05) is 24.4 Å². The minimum Gasteiger partial charge on any atom is -0.481 e. The number of carboxylic acid groups (broad SMARTS) is 1. The Labute approximate surface area is 123 Å². The lowest BCUT2D eigenvalue weighted by molar-refractivity contribution is -0.384. The first-order valence-corrected chi connectivity index (χ1v) is 7.25. The normalized spacial score (nSPS) is 17.7. The van der Waals surface area contributed by atoms with Crippen molar-refractivity contribution in [1.82, 2.24) is 0 Å². The predicted molar refractivity (Wildman–Crippen MR) is 79.4 cm³/mol. The summed E-state index contributed by atoms with van der Waals surface area (Å²) in [7, 11) is 0. The molecule has 0 bridgehead atoms. The Morgan fingerprint density at radius 3 is 2.52 bits per heavy atom. The molecule has 0 aliphatic heterocycles. The summed E-state index contributed by atoms with van der Waals surface area (Å²) in [6.45, 7) is 0.309. The second-order valence-corrected chi connectivity index (χ2v) is 5.66. The van der Waals surface area contributed by atoms with E-state index in [1.165, 1.54) is 12.1 Å². The smallest absolute Gasteiger partial charge is 0.311 e. The molecule has 21 heavy (non-hydrogen) atoms. The topological polar surface area (TPSA) is 92.5 Å². The van der Waals surface area contributed by atoms with Crippen molar-refractivity contribution in [3.05, 3.63) is 34.4 Å². The molecule has 0 atom stereocenters. The lowest BCUT2D eigenvalue weighted by Crippen LogP contribution is -2.37. The van der Waals surface area contributed by atoms with E-state index in [1.54, 1.807) is 12.1 Å². The van der Waals surface area contributed by atoms with Crippen LogP contribution in [0.1, 0.15) is 38.5 Å². The van der Waals surface area contributed by atoms with E-state index in [9.17, 15) is 20.0 Å². The number of nitro benzene ring substituents is 1. The van der Waals surface area contributed by atoms with Crippen LogP contribution in [0.25, 0.3) is 0 Å². The van der Waals surface area contributed by atoms with Gasteiger partial charge in [-0.2, -0.15) is 0 Å². The summed E-state index contributed by atoms with van der Waals surface area (Å²) in [4.78, 5) is 22.0. The van der Waals surface area contributed by atoms with Crippen molar-refractivity contribution in [3.8, 4) is 0 Å². The second-order valence-electron chi connectivity index (χ2n) is 5.66. The summed E-state index contributed by atoms with van der Waals surface area (Å²) in [6, 6.07) is 6.18. The molecule has 0 radical (unpaired) electrons. The molecule has 1 saturated carbocycles. The van der Waals surface area contributed by atoms with Gasteiger partial charge in [-0.3, -0.25) is 14.9 Å². The third kappa shape index (κ3) is 3.71. The number of benzene rings is 1. The molecule has 1 aromatic rings. The van der Waals surface area contributed by atoms with Crippen LogP contribution in [-0.2, 0) is 4.79 Å². The van der Waals surface area contributed by atoms with Gasteiger partial charge < -0.3 is 10.4 Å². The van der Waals surface area contributed by atoms with Crippen LogP contribution >= 0.6 is 0 Å². The zero-order valence-corrected chi connectivity index (χ0v) is 11.9. The Hall–Kier alpha value is -2.11. The molecule has 0 saturated heterocycles. The molecule has 0 spiro atoms. The molecular formula is C15H20N2O4. The van der Waals surface area contributed by atoms with Gasteiger partial charge in [-0.1, -0.05) is 31.7 Å². The molecule has 114 valence electrons. The van der Waals surface area contributed by atoms with Crippen molar-refractivity contribution < 1.29 is 14.8 Å². The lowest BCUT2D eigenvalue weighted by atomic mass is 9.80. The van der Waals surface area contributed by atoms with Crippen LogP contribution in [0.15, 0.2) is 24.3 Å². The maximum Gasteiger partial charge on any atom is 0.311 e. The fourth-order valence-electron chi connectivity index (χ4n) is 2.87. The second kappa shape index (κ2) is 6.56. The number of nitro groups is 1. The minimum absolute atomic E-state index is 0.00485. The highest BCUT2D eigenvalue weighted by molar-refractivity contribution is 5.75. The molecule has 0 aromatic heterocycles. The average Bonchev–Trinajstić information content (AvgIpc) is 2.72. The molecule has 2 rings (SSSR count). The van der Waals surface area contributed by atoms with Gasteiger partial charge >= 0.3 is 5.97 Å². The van der Waals surface area contributed by atoms with E-state index in [2.05, 4.69) is 5.32 Å². The monoisotopic (exact) mass is 292 g/mol. The van der Waals surface area contributed by atoms with E-state index in [0.717, 1.165) is 25.7 Å². The number of rotatable bonds is 5. The highest BCUT2D eigenvalue weighted by Gasteiger charge is 2.38. The first-order chi connectivity index (χ1) is 10.0. The number of non-ortho nitro benzene ring substituents is 1. The molecule has 0 unspecified atom stereocenters. The highest BCUT2D eigenvalue weighted by Crippen LogP contribution is 2.35. The van der Waals surface area contributed by atoms with E-state index in [0.29, 0.717) is 25.1 Å². The van der Waals surface area contributed by atoms with E-state index in [1.807, 2.05) is 0 Å². The molecule has 1 fully saturated rings. The fourth-order valence-corrected chi connectivity index (χ4v) is 2.87. The fraction of sp³-hybridized carbons (Fsp3) is 0.533. The summed E-state index contributed by atoms with van der Waals surface area (Å²) < 4.78 is 0. The molecular weight excluding hydrogens is 272 g/mol.